The van der Waals surface area contributed by atoms with Gasteiger partial charge in [0.05, 0.1) is 12.8 Å². The highest BCUT2D eigenvalue weighted by molar-refractivity contribution is 7.98. The number of thioether (sulfide) groups is 1. The van der Waals surface area contributed by atoms with Gasteiger partial charge in [-0.2, -0.15) is 0 Å². The van der Waals surface area contributed by atoms with Crippen LogP contribution in [0.5, 0.6) is 5.88 Å². The van der Waals surface area contributed by atoms with Crippen LogP contribution >= 0.6 is 11.8 Å². The van der Waals surface area contributed by atoms with Gasteiger partial charge in [0.15, 0.2) is 5.16 Å². The largest absolute Gasteiger partial charge is 0.481 e. The summed E-state index contributed by atoms with van der Waals surface area (Å²) in [6, 6.07) is 5.08. The molecule has 0 bridgehead atoms. The lowest BCUT2D eigenvalue weighted by Crippen LogP contribution is -2.19. The summed E-state index contributed by atoms with van der Waals surface area (Å²) in [6.45, 7) is 0. The van der Waals surface area contributed by atoms with E-state index < -0.39 is 0 Å². The Morgan fingerprint density at radius 1 is 1.39 bits per heavy atom. The smallest absolute Gasteiger partial charge is 0.254 e. The molecule has 0 N–H and O–H groups in total. The molecule has 0 saturated heterocycles. The number of hydrogen-bond donors (Lipinski definition) is 0. The second kappa shape index (κ2) is 5.22. The van der Waals surface area contributed by atoms with Crippen LogP contribution in [0.15, 0.2) is 34.3 Å². The molecule has 0 unspecified atom stereocenters. The quantitative estimate of drug-likeness (QED) is 0.621. The Kier molecular flexibility index (Phi) is 3.66. The van der Waals surface area contributed by atoms with Gasteiger partial charge in [-0.15, -0.1) is 0 Å². The Balaban J connectivity index is 2.50. The van der Waals surface area contributed by atoms with E-state index in [4.69, 9.17) is 4.74 Å². The van der Waals surface area contributed by atoms with Gasteiger partial charge in [0, 0.05) is 30.9 Å². The maximum absolute atomic E-state index is 11.8. The van der Waals surface area contributed by atoms with Crippen molar-refractivity contribution in [3.63, 3.8) is 0 Å². The van der Waals surface area contributed by atoms with Gasteiger partial charge in [-0.1, -0.05) is 11.8 Å². The van der Waals surface area contributed by atoms with Crippen LogP contribution in [-0.2, 0) is 7.05 Å². The first kappa shape index (κ1) is 12.6. The maximum atomic E-state index is 11.8. The van der Waals surface area contributed by atoms with Crippen molar-refractivity contribution in [3.8, 4) is 17.1 Å². The lowest BCUT2D eigenvalue weighted by atomic mass is 10.2. The molecule has 0 aliphatic carbocycles. The lowest BCUT2D eigenvalue weighted by molar-refractivity contribution is 0.398. The third kappa shape index (κ3) is 2.38. The number of ether oxygens (including phenoxy) is 1. The molecule has 0 radical (unpaired) electrons. The van der Waals surface area contributed by atoms with Gasteiger partial charge >= 0.3 is 0 Å². The number of methoxy groups -OCH3 is 1. The molecule has 2 heterocycles. The SMILES string of the molecule is COc1ccc(-c2cc(=O)n(C)c(SC)n2)cn1. The van der Waals surface area contributed by atoms with Crippen molar-refractivity contribution in [2.45, 2.75) is 5.16 Å². The topological polar surface area (TPSA) is 57.0 Å². The van der Waals surface area contributed by atoms with Crippen LogP contribution in [0.1, 0.15) is 0 Å². The van der Waals surface area contributed by atoms with Crippen LogP contribution in [0.3, 0.4) is 0 Å². The first-order valence-corrected chi connectivity index (χ1v) is 6.50. The van der Waals surface area contributed by atoms with Crippen LogP contribution in [0.25, 0.3) is 11.3 Å². The third-order valence-electron chi connectivity index (χ3n) is 2.52. The van der Waals surface area contributed by atoms with Gasteiger partial charge in [0.1, 0.15) is 0 Å². The molecule has 2 rings (SSSR count). The van der Waals surface area contributed by atoms with Crippen LogP contribution in [0, 0.1) is 0 Å². The summed E-state index contributed by atoms with van der Waals surface area (Å²) >= 11 is 1.43. The first-order valence-electron chi connectivity index (χ1n) is 5.28. The minimum atomic E-state index is -0.0832. The molecule has 2 aromatic heterocycles. The second-order valence-electron chi connectivity index (χ2n) is 3.61. The van der Waals surface area contributed by atoms with Crippen molar-refractivity contribution in [3.05, 3.63) is 34.7 Å². The van der Waals surface area contributed by atoms with E-state index in [1.54, 1.807) is 26.4 Å². The van der Waals surface area contributed by atoms with Crippen LogP contribution in [0.4, 0.5) is 0 Å². The fourth-order valence-electron chi connectivity index (χ4n) is 1.50. The highest BCUT2D eigenvalue weighted by Crippen LogP contribution is 2.19. The van der Waals surface area contributed by atoms with E-state index in [9.17, 15) is 4.79 Å². The summed E-state index contributed by atoms with van der Waals surface area (Å²) in [5, 5.41) is 0.674. The fraction of sp³-hybridized carbons (Fsp3) is 0.250. The average Bonchev–Trinajstić information content (AvgIpc) is 2.42. The number of nitrogens with zero attached hydrogens (tertiary/aromatic N) is 3. The monoisotopic (exact) mass is 263 g/mol. The van der Waals surface area contributed by atoms with E-state index in [0.29, 0.717) is 16.7 Å². The van der Waals surface area contributed by atoms with Crippen molar-refractivity contribution in [2.24, 2.45) is 7.05 Å². The molecule has 0 atom stereocenters. The van der Waals surface area contributed by atoms with E-state index in [1.807, 2.05) is 12.3 Å². The molecule has 0 aliphatic heterocycles. The molecule has 0 aromatic carbocycles. The van der Waals surface area contributed by atoms with Gasteiger partial charge in [0.25, 0.3) is 5.56 Å². The lowest BCUT2D eigenvalue weighted by Gasteiger charge is -2.07. The van der Waals surface area contributed by atoms with Gasteiger partial charge in [-0.05, 0) is 12.3 Å². The zero-order valence-electron chi connectivity index (χ0n) is 10.4. The van der Waals surface area contributed by atoms with Gasteiger partial charge in [-0.25, -0.2) is 9.97 Å². The summed E-state index contributed by atoms with van der Waals surface area (Å²) in [5.74, 6) is 0.535. The number of hydrogen-bond acceptors (Lipinski definition) is 5. The molecule has 0 aliphatic rings. The van der Waals surface area contributed by atoms with E-state index in [-0.39, 0.29) is 5.56 Å². The van der Waals surface area contributed by atoms with Crippen LogP contribution in [-0.4, -0.2) is 27.9 Å². The van der Waals surface area contributed by atoms with E-state index in [0.717, 1.165) is 5.56 Å². The highest BCUT2D eigenvalue weighted by atomic mass is 32.2. The molecule has 0 spiro atoms. The second-order valence-corrected chi connectivity index (χ2v) is 4.39. The van der Waals surface area contributed by atoms with Crippen molar-refractivity contribution in [2.75, 3.05) is 13.4 Å². The standard InChI is InChI=1S/C12H13N3O2S/c1-15-11(16)6-9(14-12(15)18-3)8-4-5-10(17-2)13-7-8/h4-7H,1-3H3. The molecule has 18 heavy (non-hydrogen) atoms. The Bertz CT molecular complexity index is 608. The normalized spacial score (nSPS) is 10.4. The van der Waals surface area contributed by atoms with E-state index in [2.05, 4.69) is 9.97 Å². The van der Waals surface area contributed by atoms with E-state index in [1.165, 1.54) is 22.4 Å². The number of rotatable bonds is 3. The predicted molar refractivity (Wildman–Crippen MR) is 71.0 cm³/mol. The van der Waals surface area contributed by atoms with Gasteiger partial charge in [0.2, 0.25) is 5.88 Å². The molecular formula is C12H13N3O2S. The highest BCUT2D eigenvalue weighted by Gasteiger charge is 2.07. The Labute approximate surface area is 109 Å². The Morgan fingerprint density at radius 3 is 2.72 bits per heavy atom. The third-order valence-corrected chi connectivity index (χ3v) is 3.25. The maximum Gasteiger partial charge on any atom is 0.254 e. The molecule has 2 aromatic rings. The summed E-state index contributed by atoms with van der Waals surface area (Å²) in [6.07, 6.45) is 3.53. The minimum Gasteiger partial charge on any atom is -0.481 e. The molecule has 6 heteroatoms. The molecule has 0 fully saturated rings. The molecule has 0 saturated carbocycles. The van der Waals surface area contributed by atoms with E-state index >= 15 is 0 Å². The summed E-state index contributed by atoms with van der Waals surface area (Å²) in [7, 11) is 3.27. The zero-order valence-corrected chi connectivity index (χ0v) is 11.2. The number of aromatic nitrogens is 3. The van der Waals surface area contributed by atoms with Crippen molar-refractivity contribution in [1.29, 1.82) is 0 Å². The number of pyridine rings is 1. The summed E-state index contributed by atoms with van der Waals surface area (Å²) in [5.41, 5.74) is 1.33. The zero-order chi connectivity index (χ0) is 13.1. The fourth-order valence-corrected chi connectivity index (χ4v) is 2.05. The van der Waals surface area contributed by atoms with Crippen LogP contribution < -0.4 is 10.3 Å². The van der Waals surface area contributed by atoms with Crippen molar-refractivity contribution in [1.82, 2.24) is 14.5 Å². The van der Waals surface area contributed by atoms with Crippen molar-refractivity contribution < 1.29 is 4.74 Å². The average molecular weight is 263 g/mol. The molecule has 0 amide bonds. The molecular weight excluding hydrogens is 250 g/mol. The Hall–Kier alpha value is -1.82. The first-order chi connectivity index (χ1) is 8.65. The van der Waals surface area contributed by atoms with Crippen LogP contribution in [0.2, 0.25) is 0 Å². The summed E-state index contributed by atoms with van der Waals surface area (Å²) in [4.78, 5) is 20.3. The Morgan fingerprint density at radius 2 is 2.17 bits per heavy atom. The minimum absolute atomic E-state index is 0.0832. The van der Waals surface area contributed by atoms with Gasteiger partial charge < -0.3 is 4.74 Å². The van der Waals surface area contributed by atoms with Gasteiger partial charge in [-0.3, -0.25) is 9.36 Å². The van der Waals surface area contributed by atoms with Crippen molar-refractivity contribution >= 4 is 11.8 Å². The predicted octanol–water partition coefficient (Wildman–Crippen LogP) is 1.57. The molecule has 94 valence electrons. The molecule has 5 nitrogen and oxygen atoms in total. The summed E-state index contributed by atoms with van der Waals surface area (Å²) < 4.78 is 6.51.